The van der Waals surface area contributed by atoms with Gasteiger partial charge in [-0.05, 0) is 20.3 Å². The van der Waals surface area contributed by atoms with E-state index >= 15 is 0 Å². The lowest BCUT2D eigenvalue weighted by Gasteiger charge is -2.08. The highest BCUT2D eigenvalue weighted by atomic mass is 16.5. The number of nitrogens with one attached hydrogen (secondary N) is 2. The second kappa shape index (κ2) is 6.88. The Morgan fingerprint density at radius 1 is 1.41 bits per heavy atom. The molecule has 8 heteroatoms. The molecule has 8 nitrogen and oxygen atoms in total. The first-order chi connectivity index (χ1) is 10.5. The largest absolute Gasteiger partial charge is 0.450 e. The standard InChI is InChI=1S/C14H19N5O3/c1-4-6-10-8-12(20)17-13(15-10)19-11(7-9(3)18-19)16-14(21)22-5-2/h7-8H,4-6H2,1-3H3,(H,16,21)(H,15,17,20). The van der Waals surface area contributed by atoms with Crippen molar-refractivity contribution in [1.29, 1.82) is 0 Å². The maximum Gasteiger partial charge on any atom is 0.412 e. The molecule has 0 atom stereocenters. The Hall–Kier alpha value is -2.64. The molecule has 0 saturated carbocycles. The zero-order chi connectivity index (χ0) is 16.1. The van der Waals surface area contributed by atoms with Crippen molar-refractivity contribution in [2.24, 2.45) is 0 Å². The molecule has 0 aliphatic heterocycles. The second-order valence-corrected chi connectivity index (χ2v) is 4.74. The Balaban J connectivity index is 2.40. The molecule has 2 rings (SSSR count). The van der Waals surface area contributed by atoms with Crippen LogP contribution in [0.2, 0.25) is 0 Å². The van der Waals surface area contributed by atoms with Gasteiger partial charge in [-0.15, -0.1) is 0 Å². The van der Waals surface area contributed by atoms with Gasteiger partial charge in [0.2, 0.25) is 5.95 Å². The number of rotatable bonds is 5. The fourth-order valence-electron chi connectivity index (χ4n) is 2.00. The first-order valence-corrected chi connectivity index (χ1v) is 7.14. The summed E-state index contributed by atoms with van der Waals surface area (Å²) in [6.07, 6.45) is 0.982. The van der Waals surface area contributed by atoms with Gasteiger partial charge in [-0.1, -0.05) is 13.3 Å². The van der Waals surface area contributed by atoms with Crippen molar-refractivity contribution in [3.8, 4) is 5.95 Å². The lowest BCUT2D eigenvalue weighted by molar-refractivity contribution is 0.167. The predicted octanol–water partition coefficient (Wildman–Crippen LogP) is 1.78. The van der Waals surface area contributed by atoms with Crippen LogP contribution in [0.25, 0.3) is 5.95 Å². The van der Waals surface area contributed by atoms with Gasteiger partial charge in [-0.25, -0.2) is 9.78 Å². The van der Waals surface area contributed by atoms with Gasteiger partial charge < -0.3 is 4.74 Å². The van der Waals surface area contributed by atoms with E-state index in [0.717, 1.165) is 6.42 Å². The highest BCUT2D eigenvalue weighted by Crippen LogP contribution is 2.14. The molecule has 22 heavy (non-hydrogen) atoms. The van der Waals surface area contributed by atoms with Crippen molar-refractivity contribution in [3.05, 3.63) is 33.9 Å². The quantitative estimate of drug-likeness (QED) is 0.876. The number of carbonyl (C=O) groups excluding carboxylic acids is 1. The molecule has 0 aliphatic rings. The van der Waals surface area contributed by atoms with Gasteiger partial charge in [-0.3, -0.25) is 15.1 Å². The van der Waals surface area contributed by atoms with E-state index in [0.29, 0.717) is 23.6 Å². The fraction of sp³-hybridized carbons (Fsp3) is 0.429. The van der Waals surface area contributed by atoms with E-state index in [1.165, 1.54) is 10.7 Å². The smallest absolute Gasteiger partial charge is 0.412 e. The van der Waals surface area contributed by atoms with E-state index < -0.39 is 6.09 Å². The van der Waals surface area contributed by atoms with Crippen molar-refractivity contribution in [2.75, 3.05) is 11.9 Å². The summed E-state index contributed by atoms with van der Waals surface area (Å²) >= 11 is 0. The average molecular weight is 305 g/mol. The van der Waals surface area contributed by atoms with E-state index in [1.807, 2.05) is 6.92 Å². The minimum atomic E-state index is -0.587. The third-order valence-electron chi connectivity index (χ3n) is 2.83. The van der Waals surface area contributed by atoms with Crippen LogP contribution < -0.4 is 10.9 Å². The minimum absolute atomic E-state index is 0.260. The molecular formula is C14H19N5O3. The van der Waals surface area contributed by atoms with Crippen LogP contribution in [0.5, 0.6) is 0 Å². The lowest BCUT2D eigenvalue weighted by Crippen LogP contribution is -2.19. The fourth-order valence-corrected chi connectivity index (χ4v) is 2.00. The molecule has 1 amide bonds. The number of aryl methyl sites for hydroxylation is 2. The normalized spacial score (nSPS) is 10.5. The van der Waals surface area contributed by atoms with Gasteiger partial charge in [0.05, 0.1) is 12.3 Å². The van der Waals surface area contributed by atoms with Crippen molar-refractivity contribution >= 4 is 11.9 Å². The maximum absolute atomic E-state index is 11.8. The first kappa shape index (κ1) is 15.7. The van der Waals surface area contributed by atoms with E-state index in [4.69, 9.17) is 4.74 Å². The van der Waals surface area contributed by atoms with Crippen molar-refractivity contribution in [3.63, 3.8) is 0 Å². The van der Waals surface area contributed by atoms with E-state index in [1.54, 1.807) is 19.9 Å². The van der Waals surface area contributed by atoms with Crippen molar-refractivity contribution in [1.82, 2.24) is 19.7 Å². The van der Waals surface area contributed by atoms with Gasteiger partial charge in [-0.2, -0.15) is 9.78 Å². The molecule has 2 N–H and O–H groups in total. The number of H-pyrrole nitrogens is 1. The molecule has 2 aromatic heterocycles. The summed E-state index contributed by atoms with van der Waals surface area (Å²) in [4.78, 5) is 30.3. The highest BCUT2D eigenvalue weighted by Gasteiger charge is 2.13. The van der Waals surface area contributed by atoms with Crippen LogP contribution in [0.4, 0.5) is 10.6 Å². The van der Waals surface area contributed by atoms with Gasteiger partial charge in [0.25, 0.3) is 5.56 Å². The molecule has 2 aromatic rings. The molecule has 0 radical (unpaired) electrons. The van der Waals surface area contributed by atoms with Crippen molar-refractivity contribution in [2.45, 2.75) is 33.6 Å². The Labute approximate surface area is 127 Å². The first-order valence-electron chi connectivity index (χ1n) is 7.14. The Morgan fingerprint density at radius 3 is 2.86 bits per heavy atom. The van der Waals surface area contributed by atoms with Crippen LogP contribution >= 0.6 is 0 Å². The monoisotopic (exact) mass is 305 g/mol. The van der Waals surface area contributed by atoms with Crippen LogP contribution in [-0.2, 0) is 11.2 Å². The summed E-state index contributed by atoms with van der Waals surface area (Å²) in [6, 6.07) is 3.13. The lowest BCUT2D eigenvalue weighted by atomic mass is 10.2. The number of ether oxygens (including phenoxy) is 1. The third-order valence-corrected chi connectivity index (χ3v) is 2.83. The van der Waals surface area contributed by atoms with E-state index in [2.05, 4.69) is 20.4 Å². The summed E-state index contributed by atoms with van der Waals surface area (Å²) < 4.78 is 6.23. The zero-order valence-electron chi connectivity index (χ0n) is 12.8. The molecular weight excluding hydrogens is 286 g/mol. The molecule has 2 heterocycles. The molecule has 118 valence electrons. The van der Waals surface area contributed by atoms with Crippen LogP contribution in [0.3, 0.4) is 0 Å². The minimum Gasteiger partial charge on any atom is -0.450 e. The number of aromatic amines is 1. The zero-order valence-corrected chi connectivity index (χ0v) is 12.8. The van der Waals surface area contributed by atoms with Crippen LogP contribution in [-0.4, -0.2) is 32.4 Å². The third kappa shape index (κ3) is 3.72. The Kier molecular flexibility index (Phi) is 4.92. The molecule has 0 bridgehead atoms. The number of aromatic nitrogens is 4. The van der Waals surface area contributed by atoms with Gasteiger partial charge in [0.1, 0.15) is 5.82 Å². The summed E-state index contributed by atoms with van der Waals surface area (Å²) in [5, 5.41) is 6.83. The predicted molar refractivity (Wildman–Crippen MR) is 81.4 cm³/mol. The number of hydrogen-bond acceptors (Lipinski definition) is 5. The summed E-state index contributed by atoms with van der Waals surface area (Å²) in [5.74, 6) is 0.642. The maximum atomic E-state index is 11.8. The number of anilines is 1. The summed E-state index contributed by atoms with van der Waals surface area (Å²) in [6.45, 7) is 5.77. The Bertz CT molecular complexity index is 720. The summed E-state index contributed by atoms with van der Waals surface area (Å²) in [5.41, 5.74) is 1.09. The SMILES string of the molecule is CCCc1cc(=O)[nH]c(-n2nc(C)cc2NC(=O)OCC)n1. The highest BCUT2D eigenvalue weighted by molar-refractivity contribution is 5.83. The topological polar surface area (TPSA) is 102 Å². The number of nitrogens with zero attached hydrogens (tertiary/aromatic N) is 3. The Morgan fingerprint density at radius 2 is 2.18 bits per heavy atom. The van der Waals surface area contributed by atoms with Gasteiger partial charge in [0.15, 0.2) is 0 Å². The number of hydrogen-bond donors (Lipinski definition) is 2. The molecule has 0 aromatic carbocycles. The van der Waals surface area contributed by atoms with Crippen LogP contribution in [0, 0.1) is 6.92 Å². The molecule has 0 fully saturated rings. The van der Waals surface area contributed by atoms with Gasteiger partial charge >= 0.3 is 6.09 Å². The van der Waals surface area contributed by atoms with Crippen molar-refractivity contribution < 1.29 is 9.53 Å². The second-order valence-electron chi connectivity index (χ2n) is 4.74. The van der Waals surface area contributed by atoms with Crippen LogP contribution in [0.15, 0.2) is 16.9 Å². The van der Waals surface area contributed by atoms with Crippen LogP contribution in [0.1, 0.15) is 31.7 Å². The van der Waals surface area contributed by atoms with E-state index in [9.17, 15) is 9.59 Å². The number of carbonyl (C=O) groups is 1. The number of amides is 1. The van der Waals surface area contributed by atoms with Gasteiger partial charge in [0, 0.05) is 17.8 Å². The molecule has 0 spiro atoms. The molecule has 0 unspecified atom stereocenters. The molecule has 0 aliphatic carbocycles. The summed E-state index contributed by atoms with van der Waals surface area (Å²) in [7, 11) is 0. The molecule has 0 saturated heterocycles. The van der Waals surface area contributed by atoms with E-state index in [-0.39, 0.29) is 18.1 Å². The average Bonchev–Trinajstić information content (AvgIpc) is 2.79.